The summed E-state index contributed by atoms with van der Waals surface area (Å²) in [6.45, 7) is 4.46. The van der Waals surface area contributed by atoms with Gasteiger partial charge in [0.25, 0.3) is 4.92 Å². The van der Waals surface area contributed by atoms with Crippen molar-refractivity contribution in [2.75, 3.05) is 0 Å². The van der Waals surface area contributed by atoms with Gasteiger partial charge in [-0.25, -0.2) is 5.21 Å². The van der Waals surface area contributed by atoms with Crippen molar-refractivity contribution in [2.24, 2.45) is 5.41 Å². The van der Waals surface area contributed by atoms with E-state index in [-0.39, 0.29) is 17.9 Å². The van der Waals surface area contributed by atoms with E-state index in [9.17, 15) is 9.70 Å². The van der Waals surface area contributed by atoms with Crippen LogP contribution in [-0.2, 0) is 4.79 Å². The Bertz CT molecular complexity index is 288. The van der Waals surface area contributed by atoms with Gasteiger partial charge in [0.05, 0.1) is 10.3 Å². The van der Waals surface area contributed by atoms with E-state index in [1.165, 1.54) is 6.92 Å². The summed E-state index contributed by atoms with van der Waals surface area (Å²) in [7, 11) is 0. The standard InChI is InChI=1S/C8H12N2O3/c1-6(11)4-8(2,3)7(5-9)10(12)13/h4H2,1-3H3,(H,12,13). The lowest BCUT2D eigenvalue weighted by molar-refractivity contribution is -0.759. The Morgan fingerprint density at radius 1 is 1.62 bits per heavy atom. The summed E-state index contributed by atoms with van der Waals surface area (Å²) >= 11 is 0. The molecule has 0 rings (SSSR count). The zero-order valence-corrected chi connectivity index (χ0v) is 7.87. The van der Waals surface area contributed by atoms with Gasteiger partial charge in [-0.05, 0) is 20.8 Å². The van der Waals surface area contributed by atoms with Crippen molar-refractivity contribution in [3.05, 3.63) is 16.0 Å². The van der Waals surface area contributed by atoms with E-state index >= 15 is 0 Å². The summed E-state index contributed by atoms with van der Waals surface area (Å²) in [6, 6.07) is 0. The van der Waals surface area contributed by atoms with Crippen LogP contribution >= 0.6 is 0 Å². The second kappa shape index (κ2) is 3.96. The maximum atomic E-state index is 10.8. The minimum atomic E-state index is -0.920. The minimum Gasteiger partial charge on any atom is -0.758 e. The third-order valence-electron chi connectivity index (χ3n) is 1.63. The van der Waals surface area contributed by atoms with Gasteiger partial charge in [-0.1, -0.05) is 0 Å². The maximum Gasteiger partial charge on any atom is 0.318 e. The highest BCUT2D eigenvalue weighted by Crippen LogP contribution is 2.28. The molecule has 0 amide bonds. The number of allylic oxidation sites excluding steroid dienone is 1. The van der Waals surface area contributed by atoms with Gasteiger partial charge in [-0.3, -0.25) is 4.79 Å². The van der Waals surface area contributed by atoms with Crippen LogP contribution in [0, 0.1) is 10.3 Å². The van der Waals surface area contributed by atoms with Gasteiger partial charge in [0.15, 0.2) is 0 Å². The Labute approximate surface area is 76.1 Å². The van der Waals surface area contributed by atoms with Crippen LogP contribution in [-0.4, -0.2) is 21.8 Å². The highest BCUT2D eigenvalue weighted by molar-refractivity contribution is 5.77. The molecular weight excluding hydrogens is 172 g/mol. The van der Waals surface area contributed by atoms with E-state index in [0.717, 1.165) is 0 Å². The van der Waals surface area contributed by atoms with E-state index in [0.29, 0.717) is 0 Å². The average Bonchev–Trinajstić information content (AvgIpc) is 1.82. The summed E-state index contributed by atoms with van der Waals surface area (Å²) < 4.78 is 0. The SMILES string of the molecule is CC(=O)CC(C)(C)C(=C=[N-])[N+](=O)O. The van der Waals surface area contributed by atoms with Crippen LogP contribution in [0.3, 0.4) is 0 Å². The van der Waals surface area contributed by atoms with Crippen LogP contribution in [0.4, 0.5) is 0 Å². The van der Waals surface area contributed by atoms with Gasteiger partial charge in [0.1, 0.15) is 5.78 Å². The van der Waals surface area contributed by atoms with Crippen LogP contribution in [0.5, 0.6) is 0 Å². The molecule has 5 nitrogen and oxygen atoms in total. The molecule has 0 unspecified atom stereocenters. The molecule has 0 fully saturated rings. The highest BCUT2D eigenvalue weighted by atomic mass is 16.6. The van der Waals surface area contributed by atoms with Crippen LogP contribution in [0.2, 0.25) is 0 Å². The van der Waals surface area contributed by atoms with Crippen molar-refractivity contribution in [1.29, 1.82) is 0 Å². The van der Waals surface area contributed by atoms with Crippen LogP contribution in [0.15, 0.2) is 5.70 Å². The summed E-state index contributed by atoms with van der Waals surface area (Å²) in [4.78, 5) is 20.8. The topological polar surface area (TPSA) is 79.7 Å². The largest absolute Gasteiger partial charge is 0.758 e. The number of ketones is 1. The lowest BCUT2D eigenvalue weighted by atomic mass is 9.85. The Hall–Kier alpha value is -1.48. The first kappa shape index (κ1) is 11.5. The lowest BCUT2D eigenvalue weighted by Gasteiger charge is -2.16. The first-order valence-corrected chi connectivity index (χ1v) is 3.74. The Morgan fingerprint density at radius 3 is 2.31 bits per heavy atom. The van der Waals surface area contributed by atoms with Crippen LogP contribution in [0.1, 0.15) is 27.2 Å². The van der Waals surface area contributed by atoms with Gasteiger partial charge in [-0.15, -0.1) is 0 Å². The van der Waals surface area contributed by atoms with Crippen LogP contribution < -0.4 is 0 Å². The summed E-state index contributed by atoms with van der Waals surface area (Å²) in [5.41, 5.74) is -1.28. The predicted octanol–water partition coefficient (Wildman–Crippen LogP) is 1.28. The van der Waals surface area contributed by atoms with Gasteiger partial charge in [0.2, 0.25) is 0 Å². The molecular formula is C8H12N2O3. The monoisotopic (exact) mass is 184 g/mol. The molecule has 0 spiro atoms. The van der Waals surface area contributed by atoms with Crippen molar-refractivity contribution in [3.8, 4) is 0 Å². The van der Waals surface area contributed by atoms with Crippen molar-refractivity contribution in [2.45, 2.75) is 27.2 Å². The lowest BCUT2D eigenvalue weighted by Crippen LogP contribution is -2.24. The van der Waals surface area contributed by atoms with E-state index in [1.54, 1.807) is 19.7 Å². The minimum absolute atomic E-state index is 0.0508. The molecule has 0 radical (unpaired) electrons. The molecule has 0 aliphatic heterocycles. The zero-order chi connectivity index (χ0) is 10.6. The number of hydrogen-bond acceptors (Lipinski definition) is 2. The zero-order valence-electron chi connectivity index (χ0n) is 7.87. The first-order chi connectivity index (χ1) is 5.81. The van der Waals surface area contributed by atoms with Gasteiger partial charge in [-0.2, -0.15) is 5.87 Å². The quantitative estimate of drug-likeness (QED) is 0.528. The fourth-order valence-electron chi connectivity index (χ4n) is 1.16. The second-order valence-corrected chi connectivity index (χ2v) is 3.50. The number of carbonyl (C=O) groups excluding carboxylic acids is 1. The Balaban J connectivity index is 4.90. The summed E-state index contributed by atoms with van der Waals surface area (Å²) in [5.74, 6) is 1.44. The molecule has 0 aromatic carbocycles. The third-order valence-corrected chi connectivity index (χ3v) is 1.63. The molecule has 0 bridgehead atoms. The summed E-state index contributed by atoms with van der Waals surface area (Å²) in [5, 5.41) is 17.1. The molecule has 5 heteroatoms. The van der Waals surface area contributed by atoms with Crippen molar-refractivity contribution in [3.63, 3.8) is 0 Å². The fourth-order valence-corrected chi connectivity index (χ4v) is 1.16. The highest BCUT2D eigenvalue weighted by Gasteiger charge is 2.36. The molecule has 0 saturated carbocycles. The van der Waals surface area contributed by atoms with Crippen molar-refractivity contribution < 1.29 is 14.9 Å². The molecule has 0 atom stereocenters. The van der Waals surface area contributed by atoms with E-state index in [4.69, 9.17) is 10.6 Å². The molecule has 0 aliphatic carbocycles. The van der Waals surface area contributed by atoms with Crippen molar-refractivity contribution in [1.82, 2.24) is 0 Å². The van der Waals surface area contributed by atoms with Crippen LogP contribution in [0.25, 0.3) is 5.41 Å². The third kappa shape index (κ3) is 3.17. The summed E-state index contributed by atoms with van der Waals surface area (Å²) in [6.07, 6.45) is 0.0508. The molecule has 72 valence electrons. The number of hydrogen-bond donors (Lipinski definition) is 1. The predicted molar refractivity (Wildman–Crippen MR) is 46.4 cm³/mol. The normalized spacial score (nSPS) is 10.4. The van der Waals surface area contributed by atoms with E-state index in [2.05, 4.69) is 0 Å². The molecule has 0 aromatic heterocycles. The number of carbonyl (C=O) groups is 1. The number of Topliss-reactive ketones (excluding diaryl/α,β-unsaturated/α-hetero) is 1. The molecule has 13 heavy (non-hydrogen) atoms. The van der Waals surface area contributed by atoms with E-state index in [1.807, 2.05) is 0 Å². The van der Waals surface area contributed by atoms with E-state index < -0.39 is 10.3 Å². The molecule has 0 saturated heterocycles. The first-order valence-electron chi connectivity index (χ1n) is 3.74. The molecule has 0 heterocycles. The van der Waals surface area contributed by atoms with Gasteiger partial charge < -0.3 is 5.41 Å². The molecule has 1 N–H and O–H groups in total. The second-order valence-electron chi connectivity index (χ2n) is 3.50. The Morgan fingerprint density at radius 2 is 2.08 bits per heavy atom. The van der Waals surface area contributed by atoms with Gasteiger partial charge >= 0.3 is 5.70 Å². The number of nitrogens with zero attached hydrogens (tertiary/aromatic N) is 2. The average molecular weight is 184 g/mol. The number of rotatable bonds is 4. The Kier molecular flexibility index (Phi) is 3.51. The maximum absolute atomic E-state index is 10.8. The smallest absolute Gasteiger partial charge is 0.318 e. The fraction of sp³-hybridized carbons (Fsp3) is 0.625. The molecule has 0 aromatic rings. The van der Waals surface area contributed by atoms with Gasteiger partial charge in [0, 0.05) is 6.42 Å². The molecule has 0 aliphatic rings. The van der Waals surface area contributed by atoms with Crippen molar-refractivity contribution >= 4 is 11.7 Å².